The van der Waals surface area contributed by atoms with E-state index in [1.54, 1.807) is 9.80 Å². The van der Waals surface area contributed by atoms with Crippen LogP contribution < -0.4 is 0 Å². The van der Waals surface area contributed by atoms with Crippen molar-refractivity contribution in [2.75, 3.05) is 19.6 Å². The lowest BCUT2D eigenvalue weighted by molar-refractivity contribution is -0.157. The minimum atomic E-state index is -0.361. The van der Waals surface area contributed by atoms with Crippen molar-refractivity contribution in [3.8, 4) is 6.07 Å². The van der Waals surface area contributed by atoms with Gasteiger partial charge in [0, 0.05) is 13.1 Å². The molecule has 0 N–H and O–H groups in total. The molecule has 0 radical (unpaired) electrons. The summed E-state index contributed by atoms with van der Waals surface area (Å²) in [6.45, 7) is 5.32. The molecule has 2 fully saturated rings. The Kier molecular flexibility index (Phi) is 4.32. The van der Waals surface area contributed by atoms with Crippen LogP contribution in [0.3, 0.4) is 0 Å². The molecule has 0 aliphatic carbocycles. The van der Waals surface area contributed by atoms with Crippen LogP contribution in [0.2, 0.25) is 0 Å². The van der Waals surface area contributed by atoms with Crippen LogP contribution in [0.15, 0.2) is 0 Å². The summed E-state index contributed by atoms with van der Waals surface area (Å²) in [6.07, 6.45) is 4.34. The zero-order valence-corrected chi connectivity index (χ0v) is 12.4. The first-order chi connectivity index (χ1) is 9.44. The number of carbonyl (C=O) groups is 2. The molecule has 0 saturated carbocycles. The molecule has 0 bridgehead atoms. The number of piperazine rings is 1. The summed E-state index contributed by atoms with van der Waals surface area (Å²) < 4.78 is 0. The van der Waals surface area contributed by atoms with Crippen molar-refractivity contribution in [1.82, 2.24) is 9.80 Å². The Labute approximate surface area is 120 Å². The number of fused-ring (bicyclic) bond motifs is 1. The van der Waals surface area contributed by atoms with Gasteiger partial charge in [-0.25, -0.2) is 0 Å². The third-order valence-corrected chi connectivity index (χ3v) is 4.28. The Morgan fingerprint density at radius 3 is 2.80 bits per heavy atom. The van der Waals surface area contributed by atoms with Gasteiger partial charge in [0.15, 0.2) is 0 Å². The molecule has 2 amide bonds. The average Bonchev–Trinajstić information content (AvgIpc) is 2.44. The molecular formula is C15H23N3O2. The Bertz CT molecular complexity index is 439. The number of carbonyl (C=O) groups excluding carboxylic acids is 2. The second kappa shape index (κ2) is 5.82. The van der Waals surface area contributed by atoms with E-state index in [9.17, 15) is 9.59 Å². The van der Waals surface area contributed by atoms with Gasteiger partial charge in [-0.05, 0) is 46.0 Å². The van der Waals surface area contributed by atoms with Gasteiger partial charge in [0.1, 0.15) is 6.04 Å². The van der Waals surface area contributed by atoms with Crippen LogP contribution >= 0.6 is 0 Å². The third-order valence-electron chi connectivity index (χ3n) is 4.28. The zero-order chi connectivity index (χ0) is 14.8. The summed E-state index contributed by atoms with van der Waals surface area (Å²) in [6, 6.07) is 2.04. The third kappa shape index (κ3) is 3.12. The van der Waals surface area contributed by atoms with Crippen LogP contribution in [-0.2, 0) is 9.59 Å². The van der Waals surface area contributed by atoms with Crippen LogP contribution in [0.5, 0.6) is 0 Å². The van der Waals surface area contributed by atoms with Crippen molar-refractivity contribution in [2.24, 2.45) is 5.41 Å². The fraction of sp³-hybridized carbons (Fsp3) is 0.800. The van der Waals surface area contributed by atoms with E-state index in [0.29, 0.717) is 6.54 Å². The molecule has 2 saturated heterocycles. The molecule has 20 heavy (non-hydrogen) atoms. The minimum absolute atomic E-state index is 0.0776. The highest BCUT2D eigenvalue weighted by Gasteiger charge is 2.40. The molecule has 2 aliphatic rings. The fourth-order valence-corrected chi connectivity index (χ4v) is 2.99. The van der Waals surface area contributed by atoms with Crippen LogP contribution in [0.4, 0.5) is 0 Å². The lowest BCUT2D eigenvalue weighted by Gasteiger charge is -2.42. The van der Waals surface area contributed by atoms with Gasteiger partial charge in [-0.2, -0.15) is 5.26 Å². The molecule has 2 heterocycles. The largest absolute Gasteiger partial charge is 0.332 e. The summed E-state index contributed by atoms with van der Waals surface area (Å²) in [5, 5.41) is 8.99. The maximum atomic E-state index is 12.4. The molecule has 0 aromatic heterocycles. The van der Waals surface area contributed by atoms with Gasteiger partial charge in [-0.15, -0.1) is 0 Å². The maximum Gasteiger partial charge on any atom is 0.245 e. The smallest absolute Gasteiger partial charge is 0.245 e. The predicted molar refractivity (Wildman–Crippen MR) is 74.6 cm³/mol. The quantitative estimate of drug-likeness (QED) is 0.783. The number of hydrogen-bond donors (Lipinski definition) is 0. The molecule has 5 nitrogen and oxygen atoms in total. The van der Waals surface area contributed by atoms with Gasteiger partial charge in [-0.3, -0.25) is 9.59 Å². The number of rotatable bonds is 4. The molecule has 2 aliphatic heterocycles. The van der Waals surface area contributed by atoms with Crippen molar-refractivity contribution in [3.05, 3.63) is 0 Å². The normalized spacial score (nSPS) is 23.6. The average molecular weight is 277 g/mol. The molecule has 1 atom stereocenters. The molecular weight excluding hydrogens is 254 g/mol. The number of amides is 2. The fourth-order valence-electron chi connectivity index (χ4n) is 2.99. The maximum absolute atomic E-state index is 12.4. The molecule has 0 aromatic rings. The Balaban J connectivity index is 1.91. The van der Waals surface area contributed by atoms with Gasteiger partial charge >= 0.3 is 0 Å². The van der Waals surface area contributed by atoms with Gasteiger partial charge in [0.2, 0.25) is 11.8 Å². The Morgan fingerprint density at radius 2 is 2.10 bits per heavy atom. The van der Waals surface area contributed by atoms with Crippen molar-refractivity contribution >= 4 is 11.8 Å². The zero-order valence-electron chi connectivity index (χ0n) is 12.4. The lowest BCUT2D eigenvalue weighted by Crippen LogP contribution is -2.61. The molecule has 0 aromatic carbocycles. The van der Waals surface area contributed by atoms with E-state index >= 15 is 0 Å². The molecule has 1 unspecified atom stereocenters. The van der Waals surface area contributed by atoms with E-state index in [0.717, 1.165) is 38.6 Å². The number of hydrogen-bond acceptors (Lipinski definition) is 3. The highest BCUT2D eigenvalue weighted by atomic mass is 16.2. The molecule has 110 valence electrons. The van der Waals surface area contributed by atoms with Crippen molar-refractivity contribution in [3.63, 3.8) is 0 Å². The Hall–Kier alpha value is -1.57. The van der Waals surface area contributed by atoms with Crippen LogP contribution in [-0.4, -0.2) is 47.3 Å². The predicted octanol–water partition coefficient (Wildman–Crippen LogP) is 1.54. The van der Waals surface area contributed by atoms with E-state index in [1.165, 1.54) is 0 Å². The first-order valence-electron chi connectivity index (χ1n) is 7.44. The van der Waals surface area contributed by atoms with E-state index in [-0.39, 0.29) is 29.8 Å². The van der Waals surface area contributed by atoms with Gasteiger partial charge < -0.3 is 9.80 Å². The monoisotopic (exact) mass is 277 g/mol. The lowest BCUT2D eigenvalue weighted by atomic mass is 9.89. The SMILES string of the molecule is CC(C)(C#N)CCCN1CC(=O)N2CCCCC2C1=O. The van der Waals surface area contributed by atoms with Crippen molar-refractivity contribution < 1.29 is 9.59 Å². The topological polar surface area (TPSA) is 64.4 Å². The highest BCUT2D eigenvalue weighted by molar-refractivity contribution is 5.95. The standard InChI is InChI=1S/C15H23N3O2/c1-15(2,11-16)7-5-8-17-10-13(19)18-9-4-3-6-12(18)14(17)20/h12H,3-10H2,1-2H3. The molecule has 0 spiro atoms. The van der Waals surface area contributed by atoms with Crippen LogP contribution in [0, 0.1) is 16.7 Å². The second-order valence-corrected chi connectivity index (χ2v) is 6.46. The number of piperidine rings is 1. The van der Waals surface area contributed by atoms with Gasteiger partial charge in [0.25, 0.3) is 0 Å². The Morgan fingerprint density at radius 1 is 1.35 bits per heavy atom. The summed E-state index contributed by atoms with van der Waals surface area (Å²) in [5.41, 5.74) is -0.361. The summed E-state index contributed by atoms with van der Waals surface area (Å²) in [4.78, 5) is 27.9. The number of nitrogens with zero attached hydrogens (tertiary/aromatic N) is 3. The first-order valence-corrected chi connectivity index (χ1v) is 7.44. The summed E-state index contributed by atoms with van der Waals surface area (Å²) in [7, 11) is 0. The first kappa shape index (κ1) is 14.8. The van der Waals surface area contributed by atoms with Crippen LogP contribution in [0.1, 0.15) is 46.0 Å². The van der Waals surface area contributed by atoms with E-state index < -0.39 is 0 Å². The van der Waals surface area contributed by atoms with Gasteiger partial charge in [-0.1, -0.05) is 0 Å². The van der Waals surface area contributed by atoms with E-state index in [4.69, 9.17) is 5.26 Å². The molecule has 5 heteroatoms. The highest BCUT2D eigenvalue weighted by Crippen LogP contribution is 2.25. The van der Waals surface area contributed by atoms with Gasteiger partial charge in [0.05, 0.1) is 18.0 Å². The van der Waals surface area contributed by atoms with E-state index in [1.807, 2.05) is 13.8 Å². The van der Waals surface area contributed by atoms with Crippen molar-refractivity contribution in [2.45, 2.75) is 52.0 Å². The van der Waals surface area contributed by atoms with Crippen LogP contribution in [0.25, 0.3) is 0 Å². The second-order valence-electron chi connectivity index (χ2n) is 6.46. The summed E-state index contributed by atoms with van der Waals surface area (Å²) in [5.74, 6) is 0.174. The summed E-state index contributed by atoms with van der Waals surface area (Å²) >= 11 is 0. The van der Waals surface area contributed by atoms with Crippen molar-refractivity contribution in [1.29, 1.82) is 5.26 Å². The van der Waals surface area contributed by atoms with E-state index in [2.05, 4.69) is 6.07 Å². The molecule has 2 rings (SSSR count). The number of nitriles is 1. The minimum Gasteiger partial charge on any atom is -0.332 e.